The molecule has 1 fully saturated rings. The molecule has 2 unspecified atom stereocenters. The van der Waals surface area contributed by atoms with Crippen LogP contribution in [-0.2, 0) is 13.6 Å². The SMILES string of the molecule is CC1(C)OP(=O)(O)OC1(C)CC(F)(F)CC(F)(F)F. The van der Waals surface area contributed by atoms with E-state index in [2.05, 4.69) is 9.05 Å². The topological polar surface area (TPSA) is 55.8 Å². The highest BCUT2D eigenvalue weighted by atomic mass is 31.2. The molecule has 0 bridgehead atoms. The van der Waals surface area contributed by atoms with Crippen molar-refractivity contribution in [2.24, 2.45) is 0 Å². The Morgan fingerprint density at radius 3 is 1.89 bits per heavy atom. The van der Waals surface area contributed by atoms with E-state index < -0.39 is 44.0 Å². The summed E-state index contributed by atoms with van der Waals surface area (Å²) in [6, 6.07) is 0. The maximum Gasteiger partial charge on any atom is 0.473 e. The molecule has 2 atom stereocenters. The van der Waals surface area contributed by atoms with Crippen LogP contribution >= 0.6 is 7.82 Å². The second-order valence-electron chi connectivity index (χ2n) is 5.22. The maximum atomic E-state index is 13.4. The van der Waals surface area contributed by atoms with Gasteiger partial charge < -0.3 is 4.89 Å². The second kappa shape index (κ2) is 4.38. The Morgan fingerprint density at radius 2 is 1.58 bits per heavy atom. The van der Waals surface area contributed by atoms with Crippen LogP contribution in [0.5, 0.6) is 0 Å². The van der Waals surface area contributed by atoms with Crippen molar-refractivity contribution in [3.05, 3.63) is 0 Å². The predicted molar refractivity (Wildman–Crippen MR) is 54.7 cm³/mol. The summed E-state index contributed by atoms with van der Waals surface area (Å²) >= 11 is 0. The molecule has 0 spiro atoms. The number of phosphoric acid groups is 1. The third-order valence-corrected chi connectivity index (χ3v) is 4.31. The van der Waals surface area contributed by atoms with Gasteiger partial charge in [0.05, 0.1) is 0 Å². The van der Waals surface area contributed by atoms with Gasteiger partial charge in [0.2, 0.25) is 0 Å². The van der Waals surface area contributed by atoms with E-state index >= 15 is 0 Å². The van der Waals surface area contributed by atoms with E-state index in [1.54, 1.807) is 0 Å². The fraction of sp³-hybridized carbons (Fsp3) is 1.00. The van der Waals surface area contributed by atoms with E-state index in [0.717, 1.165) is 6.92 Å². The van der Waals surface area contributed by atoms with Gasteiger partial charge in [-0.1, -0.05) is 0 Å². The molecule has 0 amide bonds. The number of phosphoric ester groups is 1. The van der Waals surface area contributed by atoms with Crippen LogP contribution < -0.4 is 0 Å². The first-order valence-electron chi connectivity index (χ1n) is 5.27. The van der Waals surface area contributed by atoms with E-state index in [1.165, 1.54) is 13.8 Å². The van der Waals surface area contributed by atoms with E-state index in [1.807, 2.05) is 0 Å². The highest BCUT2D eigenvalue weighted by molar-refractivity contribution is 7.47. The van der Waals surface area contributed by atoms with E-state index in [4.69, 9.17) is 4.89 Å². The normalized spacial score (nSPS) is 35.6. The smallest absolute Gasteiger partial charge is 0.302 e. The molecule has 0 aliphatic carbocycles. The van der Waals surface area contributed by atoms with Crippen molar-refractivity contribution in [3.8, 4) is 0 Å². The number of hydrogen-bond donors (Lipinski definition) is 1. The standard InChI is InChI=1S/C9H14F5O4P/c1-6(2)7(3,18-19(15,16)17-6)4-8(10,11)5-9(12,13)14/h4-5H2,1-3H3,(H,15,16). The quantitative estimate of drug-likeness (QED) is 0.638. The second-order valence-corrected chi connectivity index (χ2v) is 6.52. The molecule has 114 valence electrons. The summed E-state index contributed by atoms with van der Waals surface area (Å²) in [5.41, 5.74) is -3.63. The first kappa shape index (κ1) is 16.8. The summed E-state index contributed by atoms with van der Waals surface area (Å²) < 4.78 is 83.3. The van der Waals surface area contributed by atoms with Crippen LogP contribution in [0, 0.1) is 0 Å². The molecule has 10 heteroatoms. The molecule has 1 aliphatic rings. The van der Waals surface area contributed by atoms with Gasteiger partial charge in [-0.05, 0) is 20.8 Å². The van der Waals surface area contributed by atoms with E-state index in [0.29, 0.717) is 0 Å². The monoisotopic (exact) mass is 312 g/mol. The Balaban J connectivity index is 2.94. The first-order chi connectivity index (χ1) is 8.08. The number of halogens is 5. The molecule has 0 saturated carbocycles. The maximum absolute atomic E-state index is 13.4. The molecule has 1 heterocycles. The van der Waals surface area contributed by atoms with Crippen LogP contribution in [0.3, 0.4) is 0 Å². The molecular formula is C9H14F5O4P. The molecular weight excluding hydrogens is 298 g/mol. The summed E-state index contributed by atoms with van der Waals surface area (Å²) in [6.45, 7) is 3.42. The minimum atomic E-state index is -5.05. The minimum Gasteiger partial charge on any atom is -0.302 e. The van der Waals surface area contributed by atoms with Crippen LogP contribution in [0.2, 0.25) is 0 Å². The fourth-order valence-corrected chi connectivity index (χ4v) is 3.46. The Kier molecular flexibility index (Phi) is 3.87. The van der Waals surface area contributed by atoms with Crippen LogP contribution in [0.15, 0.2) is 0 Å². The van der Waals surface area contributed by atoms with Gasteiger partial charge in [-0.2, -0.15) is 13.2 Å². The largest absolute Gasteiger partial charge is 0.473 e. The molecule has 4 nitrogen and oxygen atoms in total. The van der Waals surface area contributed by atoms with Crippen molar-refractivity contribution in [2.75, 3.05) is 0 Å². The van der Waals surface area contributed by atoms with Crippen LogP contribution in [0.1, 0.15) is 33.6 Å². The van der Waals surface area contributed by atoms with Gasteiger partial charge in [-0.15, -0.1) is 0 Å². The Hall–Kier alpha value is -0.240. The van der Waals surface area contributed by atoms with Crippen LogP contribution in [0.25, 0.3) is 0 Å². The van der Waals surface area contributed by atoms with E-state index in [9.17, 15) is 26.5 Å². The summed E-state index contributed by atoms with van der Waals surface area (Å²) in [5.74, 6) is -4.13. The lowest BCUT2D eigenvalue weighted by atomic mass is 9.82. The molecule has 1 saturated heterocycles. The van der Waals surface area contributed by atoms with Crippen molar-refractivity contribution in [2.45, 2.75) is 56.9 Å². The molecule has 1 aliphatic heterocycles. The van der Waals surface area contributed by atoms with Crippen molar-refractivity contribution < 1.29 is 40.5 Å². The number of rotatable bonds is 3. The van der Waals surface area contributed by atoms with Gasteiger partial charge in [-0.3, -0.25) is 9.05 Å². The zero-order chi connectivity index (χ0) is 15.3. The Labute approximate surface area is 106 Å². The zero-order valence-electron chi connectivity index (χ0n) is 10.4. The van der Waals surface area contributed by atoms with Crippen molar-refractivity contribution >= 4 is 7.82 Å². The van der Waals surface area contributed by atoms with Gasteiger partial charge >= 0.3 is 14.0 Å². The predicted octanol–water partition coefficient (Wildman–Crippen LogP) is 3.65. The highest BCUT2D eigenvalue weighted by Crippen LogP contribution is 2.63. The summed E-state index contributed by atoms with van der Waals surface area (Å²) in [6.07, 6.45) is -8.76. The third kappa shape index (κ3) is 4.11. The third-order valence-electron chi connectivity index (χ3n) is 2.99. The lowest BCUT2D eigenvalue weighted by Gasteiger charge is -2.36. The van der Waals surface area contributed by atoms with Gasteiger partial charge in [0.15, 0.2) is 0 Å². The molecule has 0 aromatic carbocycles. The summed E-state index contributed by atoms with van der Waals surface area (Å²) in [4.78, 5) is 9.14. The number of hydrogen-bond acceptors (Lipinski definition) is 3. The van der Waals surface area contributed by atoms with Gasteiger partial charge in [-0.25, -0.2) is 13.3 Å². The minimum absolute atomic E-state index is 1.02. The fourth-order valence-electron chi connectivity index (χ4n) is 1.86. The lowest BCUT2D eigenvalue weighted by molar-refractivity contribution is -0.203. The van der Waals surface area contributed by atoms with E-state index in [-0.39, 0.29) is 0 Å². The van der Waals surface area contributed by atoms with Gasteiger partial charge in [0.1, 0.15) is 17.6 Å². The van der Waals surface area contributed by atoms with Crippen LogP contribution in [0.4, 0.5) is 22.0 Å². The zero-order valence-corrected chi connectivity index (χ0v) is 11.3. The van der Waals surface area contributed by atoms with Gasteiger partial charge in [0, 0.05) is 6.42 Å². The van der Waals surface area contributed by atoms with Crippen molar-refractivity contribution in [1.29, 1.82) is 0 Å². The molecule has 0 aromatic heterocycles. The summed E-state index contributed by atoms with van der Waals surface area (Å²) in [7, 11) is -4.54. The average molecular weight is 312 g/mol. The summed E-state index contributed by atoms with van der Waals surface area (Å²) in [5, 5.41) is 0. The molecule has 1 rings (SSSR count). The van der Waals surface area contributed by atoms with Crippen molar-refractivity contribution in [1.82, 2.24) is 0 Å². The molecule has 0 radical (unpaired) electrons. The average Bonchev–Trinajstić information content (AvgIpc) is 2.04. The molecule has 0 aromatic rings. The lowest BCUT2D eigenvalue weighted by Crippen LogP contribution is -2.49. The Morgan fingerprint density at radius 1 is 1.11 bits per heavy atom. The van der Waals surface area contributed by atoms with Crippen LogP contribution in [-0.4, -0.2) is 28.2 Å². The highest BCUT2D eigenvalue weighted by Gasteiger charge is 2.62. The first-order valence-corrected chi connectivity index (χ1v) is 6.76. The Bertz CT molecular complexity index is 408. The number of alkyl halides is 5. The molecule has 1 N–H and O–H groups in total. The van der Waals surface area contributed by atoms with Crippen molar-refractivity contribution in [3.63, 3.8) is 0 Å². The molecule has 19 heavy (non-hydrogen) atoms. The van der Waals surface area contributed by atoms with Gasteiger partial charge in [0.25, 0.3) is 5.92 Å².